The zero-order chi connectivity index (χ0) is 16.2. The van der Waals surface area contributed by atoms with E-state index in [1.54, 1.807) is 12.3 Å². The molecule has 1 atom stereocenters. The molecule has 1 amide bonds. The molecule has 1 aromatic heterocycles. The van der Waals surface area contributed by atoms with Crippen LogP contribution in [-0.4, -0.2) is 30.5 Å². The topological polar surface area (TPSA) is 71.2 Å². The van der Waals surface area contributed by atoms with Gasteiger partial charge < -0.3 is 16.0 Å². The quantitative estimate of drug-likeness (QED) is 0.804. The first-order chi connectivity index (χ1) is 11.1. The highest BCUT2D eigenvalue weighted by Gasteiger charge is 2.28. The van der Waals surface area contributed by atoms with Crippen LogP contribution in [0.5, 0.6) is 0 Å². The predicted molar refractivity (Wildman–Crippen MR) is 106 cm³/mol. The van der Waals surface area contributed by atoms with E-state index in [4.69, 9.17) is 5.73 Å². The fraction of sp³-hybridized carbons (Fsp3) is 0.333. The smallest absolute Gasteiger partial charge is 0.252 e. The molecule has 0 saturated heterocycles. The maximum Gasteiger partial charge on any atom is 0.252 e. The molecule has 2 aromatic rings. The molecule has 0 bridgehead atoms. The van der Waals surface area contributed by atoms with Gasteiger partial charge in [0.05, 0.1) is 5.56 Å². The van der Waals surface area contributed by atoms with E-state index in [1.165, 1.54) is 12.8 Å². The van der Waals surface area contributed by atoms with E-state index in [0.29, 0.717) is 18.0 Å². The van der Waals surface area contributed by atoms with E-state index in [0.717, 1.165) is 11.5 Å². The van der Waals surface area contributed by atoms with Crippen molar-refractivity contribution in [3.63, 3.8) is 0 Å². The SMILES string of the molecule is CN(c1ccccc1)c1ccc(C(=O)NCC(N)C2CC2)cn1.Cl.Cl. The lowest BCUT2D eigenvalue weighted by Gasteiger charge is -2.18. The van der Waals surface area contributed by atoms with E-state index in [1.807, 2.05) is 48.3 Å². The van der Waals surface area contributed by atoms with Crippen LogP contribution in [0.15, 0.2) is 48.7 Å². The average molecular weight is 383 g/mol. The third kappa shape index (κ3) is 5.59. The normalized spacial score (nSPS) is 13.8. The molecule has 1 saturated carbocycles. The summed E-state index contributed by atoms with van der Waals surface area (Å²) in [6.07, 6.45) is 3.96. The van der Waals surface area contributed by atoms with E-state index in [2.05, 4.69) is 10.3 Å². The summed E-state index contributed by atoms with van der Waals surface area (Å²) in [6, 6.07) is 13.7. The maximum absolute atomic E-state index is 12.1. The number of nitrogens with one attached hydrogen (secondary N) is 1. The van der Waals surface area contributed by atoms with Crippen molar-refractivity contribution in [3.8, 4) is 0 Å². The molecule has 0 radical (unpaired) electrons. The van der Waals surface area contributed by atoms with E-state index in [-0.39, 0.29) is 36.8 Å². The molecule has 3 N–H and O–H groups in total. The van der Waals surface area contributed by atoms with Crippen molar-refractivity contribution >= 4 is 42.2 Å². The third-order valence-corrected chi connectivity index (χ3v) is 4.22. The summed E-state index contributed by atoms with van der Waals surface area (Å²) in [5.74, 6) is 1.25. The van der Waals surface area contributed by atoms with Crippen LogP contribution in [-0.2, 0) is 0 Å². The molecule has 136 valence electrons. The fourth-order valence-electron chi connectivity index (χ4n) is 2.51. The van der Waals surface area contributed by atoms with Crippen LogP contribution < -0.4 is 16.0 Å². The Kier molecular flexibility index (Phi) is 8.16. The van der Waals surface area contributed by atoms with Crippen LogP contribution in [0.3, 0.4) is 0 Å². The minimum Gasteiger partial charge on any atom is -0.350 e. The van der Waals surface area contributed by atoms with Crippen molar-refractivity contribution < 1.29 is 4.79 Å². The van der Waals surface area contributed by atoms with Crippen LogP contribution in [0.2, 0.25) is 0 Å². The molecule has 3 rings (SSSR count). The molecule has 25 heavy (non-hydrogen) atoms. The number of anilines is 2. The van der Waals surface area contributed by atoms with Crippen LogP contribution in [0.25, 0.3) is 0 Å². The number of nitrogens with zero attached hydrogens (tertiary/aromatic N) is 2. The average Bonchev–Trinajstić information content (AvgIpc) is 3.45. The summed E-state index contributed by atoms with van der Waals surface area (Å²) in [5, 5.41) is 2.88. The number of hydrogen-bond acceptors (Lipinski definition) is 4. The number of aromatic nitrogens is 1. The molecule has 1 heterocycles. The number of hydrogen-bond donors (Lipinski definition) is 2. The van der Waals surface area contributed by atoms with E-state index >= 15 is 0 Å². The van der Waals surface area contributed by atoms with Gasteiger partial charge in [-0.05, 0) is 43.0 Å². The second kappa shape index (κ2) is 9.61. The number of amides is 1. The summed E-state index contributed by atoms with van der Waals surface area (Å²) < 4.78 is 0. The first kappa shape index (κ1) is 21.2. The predicted octanol–water partition coefficient (Wildman–Crippen LogP) is 3.16. The highest BCUT2D eigenvalue weighted by Crippen LogP contribution is 2.31. The van der Waals surface area contributed by atoms with Gasteiger partial charge in [0.2, 0.25) is 0 Å². The van der Waals surface area contributed by atoms with Crippen molar-refractivity contribution in [2.45, 2.75) is 18.9 Å². The van der Waals surface area contributed by atoms with Crippen LogP contribution in [0.4, 0.5) is 11.5 Å². The Bertz CT molecular complexity index is 663. The molecule has 0 spiro atoms. The van der Waals surface area contributed by atoms with Crippen molar-refractivity contribution in [2.24, 2.45) is 11.7 Å². The van der Waals surface area contributed by atoms with Gasteiger partial charge >= 0.3 is 0 Å². The van der Waals surface area contributed by atoms with Gasteiger partial charge in [0.15, 0.2) is 0 Å². The molecule has 1 aliphatic carbocycles. The van der Waals surface area contributed by atoms with Gasteiger partial charge in [-0.1, -0.05) is 18.2 Å². The van der Waals surface area contributed by atoms with Crippen molar-refractivity contribution in [3.05, 3.63) is 54.2 Å². The maximum atomic E-state index is 12.1. The number of halogens is 2. The Labute approximate surface area is 160 Å². The molecule has 1 unspecified atom stereocenters. The Morgan fingerprint density at radius 3 is 2.48 bits per heavy atom. The lowest BCUT2D eigenvalue weighted by Crippen LogP contribution is -2.38. The zero-order valence-corrected chi connectivity index (χ0v) is 15.7. The summed E-state index contributed by atoms with van der Waals surface area (Å²) in [6.45, 7) is 0.523. The van der Waals surface area contributed by atoms with Crippen LogP contribution in [0, 0.1) is 5.92 Å². The number of benzene rings is 1. The van der Waals surface area contributed by atoms with Gasteiger partial charge in [-0.3, -0.25) is 4.79 Å². The number of para-hydroxylation sites is 1. The number of pyridine rings is 1. The highest BCUT2D eigenvalue weighted by atomic mass is 35.5. The number of carbonyl (C=O) groups is 1. The summed E-state index contributed by atoms with van der Waals surface area (Å²) in [7, 11) is 1.95. The van der Waals surface area contributed by atoms with Crippen molar-refractivity contribution in [1.29, 1.82) is 0 Å². The highest BCUT2D eigenvalue weighted by molar-refractivity contribution is 5.94. The van der Waals surface area contributed by atoms with Crippen LogP contribution in [0.1, 0.15) is 23.2 Å². The number of carbonyl (C=O) groups excluding carboxylic acids is 1. The standard InChI is InChI=1S/C18H22N4O.2ClH/c1-22(15-5-3-2-4-6-15)17-10-9-14(11-20-17)18(23)21-12-16(19)13-7-8-13;;/h2-6,9-11,13,16H,7-8,12,19H2,1H3,(H,21,23);2*1H. The van der Waals surface area contributed by atoms with Gasteiger partial charge in [-0.15, -0.1) is 24.8 Å². The second-order valence-corrected chi connectivity index (χ2v) is 6.01. The molecule has 7 heteroatoms. The first-order valence-corrected chi connectivity index (χ1v) is 7.94. The summed E-state index contributed by atoms with van der Waals surface area (Å²) in [5.41, 5.74) is 7.60. The van der Waals surface area contributed by atoms with Crippen molar-refractivity contribution in [1.82, 2.24) is 10.3 Å². The number of rotatable bonds is 6. The monoisotopic (exact) mass is 382 g/mol. The van der Waals surface area contributed by atoms with Gasteiger partial charge in [-0.25, -0.2) is 4.98 Å². The summed E-state index contributed by atoms with van der Waals surface area (Å²) >= 11 is 0. The fourth-order valence-corrected chi connectivity index (χ4v) is 2.51. The summed E-state index contributed by atoms with van der Waals surface area (Å²) in [4.78, 5) is 18.5. The Morgan fingerprint density at radius 2 is 1.92 bits per heavy atom. The molecular weight excluding hydrogens is 359 g/mol. The Morgan fingerprint density at radius 1 is 1.24 bits per heavy atom. The number of nitrogens with two attached hydrogens (primary N) is 1. The molecular formula is C18H24Cl2N4O. The second-order valence-electron chi connectivity index (χ2n) is 6.01. The molecule has 1 aromatic carbocycles. The first-order valence-electron chi connectivity index (χ1n) is 7.94. The third-order valence-electron chi connectivity index (χ3n) is 4.22. The lowest BCUT2D eigenvalue weighted by atomic mass is 10.2. The van der Waals surface area contributed by atoms with Crippen molar-refractivity contribution in [2.75, 3.05) is 18.5 Å². The Hall–Kier alpha value is -1.82. The largest absolute Gasteiger partial charge is 0.350 e. The van der Waals surface area contributed by atoms with Gasteiger partial charge in [0.1, 0.15) is 5.82 Å². The zero-order valence-electron chi connectivity index (χ0n) is 14.1. The lowest BCUT2D eigenvalue weighted by molar-refractivity contribution is 0.0950. The molecule has 0 aliphatic heterocycles. The van der Waals surface area contributed by atoms with Gasteiger partial charge in [0, 0.05) is 31.5 Å². The van der Waals surface area contributed by atoms with E-state index in [9.17, 15) is 4.79 Å². The molecule has 1 fully saturated rings. The van der Waals surface area contributed by atoms with Gasteiger partial charge in [0.25, 0.3) is 5.91 Å². The van der Waals surface area contributed by atoms with Gasteiger partial charge in [-0.2, -0.15) is 0 Å². The minimum absolute atomic E-state index is 0. The van der Waals surface area contributed by atoms with E-state index < -0.39 is 0 Å². The Balaban J connectivity index is 0.00000156. The van der Waals surface area contributed by atoms with Crippen LogP contribution >= 0.6 is 24.8 Å². The molecule has 1 aliphatic rings. The minimum atomic E-state index is -0.123. The molecule has 5 nitrogen and oxygen atoms in total.